The molecule has 0 aromatic carbocycles. The monoisotopic (exact) mass is 354 g/mol. The maximum absolute atomic E-state index is 12.3. The third-order valence-electron chi connectivity index (χ3n) is 5.02. The molecular formula is C16H18N8O2. The number of hydrogen-bond donors (Lipinski definition) is 2. The van der Waals surface area contributed by atoms with Crippen molar-refractivity contribution >= 4 is 11.7 Å². The Kier molecular flexibility index (Phi) is 4.22. The van der Waals surface area contributed by atoms with E-state index < -0.39 is 0 Å². The van der Waals surface area contributed by atoms with Gasteiger partial charge in [-0.2, -0.15) is 20.7 Å². The Hall–Kier alpha value is -3.06. The number of amides is 1. The first-order valence-corrected chi connectivity index (χ1v) is 8.44. The highest BCUT2D eigenvalue weighted by Crippen LogP contribution is 2.40. The van der Waals surface area contributed by atoms with E-state index in [0.29, 0.717) is 25.6 Å². The van der Waals surface area contributed by atoms with Gasteiger partial charge in [-0.25, -0.2) is 4.98 Å². The van der Waals surface area contributed by atoms with E-state index in [-0.39, 0.29) is 28.9 Å². The fourth-order valence-corrected chi connectivity index (χ4v) is 3.82. The summed E-state index contributed by atoms with van der Waals surface area (Å²) in [5, 5.41) is 22.1. The van der Waals surface area contributed by atoms with E-state index >= 15 is 0 Å². The largest absolute Gasteiger partial charge is 0.381 e. The first kappa shape index (κ1) is 16.4. The Morgan fingerprint density at radius 1 is 1.38 bits per heavy atom. The van der Waals surface area contributed by atoms with Crippen molar-refractivity contribution in [3.63, 3.8) is 0 Å². The van der Waals surface area contributed by atoms with Gasteiger partial charge in [-0.15, -0.1) is 0 Å². The minimum absolute atomic E-state index is 0.0650. The zero-order valence-corrected chi connectivity index (χ0v) is 14.1. The van der Waals surface area contributed by atoms with Gasteiger partial charge in [-0.05, 0) is 19.3 Å². The highest BCUT2D eigenvalue weighted by Gasteiger charge is 2.47. The Morgan fingerprint density at radius 3 is 2.96 bits per heavy atom. The molecule has 2 fully saturated rings. The number of aromatic nitrogens is 5. The second-order valence-electron chi connectivity index (χ2n) is 6.55. The van der Waals surface area contributed by atoms with Gasteiger partial charge >= 0.3 is 0 Å². The van der Waals surface area contributed by atoms with Crippen LogP contribution in [0.25, 0.3) is 0 Å². The van der Waals surface area contributed by atoms with Crippen LogP contribution in [0.15, 0.2) is 18.6 Å². The van der Waals surface area contributed by atoms with Crippen LogP contribution in [0.2, 0.25) is 0 Å². The molecule has 2 N–H and O–H groups in total. The number of rotatable bonds is 3. The van der Waals surface area contributed by atoms with Gasteiger partial charge in [0.05, 0.1) is 18.6 Å². The molecule has 0 bridgehead atoms. The third-order valence-corrected chi connectivity index (χ3v) is 5.02. The molecular weight excluding hydrogens is 336 g/mol. The van der Waals surface area contributed by atoms with Crippen molar-refractivity contribution < 1.29 is 9.53 Å². The van der Waals surface area contributed by atoms with E-state index in [2.05, 4.69) is 35.6 Å². The van der Waals surface area contributed by atoms with E-state index in [1.807, 2.05) is 6.07 Å². The molecule has 1 unspecified atom stereocenters. The minimum atomic E-state index is -0.260. The first-order valence-electron chi connectivity index (χ1n) is 8.44. The highest BCUT2D eigenvalue weighted by atomic mass is 16.5. The topological polar surface area (TPSA) is 133 Å². The van der Waals surface area contributed by atoms with Crippen molar-refractivity contribution in [2.45, 2.75) is 30.8 Å². The SMILES string of the molecule is N#Cc1cncc(N2CC(NC(=O)c3cn[nH]n3)CC23CCOCC3)n1. The minimum Gasteiger partial charge on any atom is -0.381 e. The normalized spacial score (nSPS) is 21.5. The van der Waals surface area contributed by atoms with Gasteiger partial charge in [0.25, 0.3) is 5.91 Å². The molecule has 0 aliphatic carbocycles. The fourth-order valence-electron chi connectivity index (χ4n) is 3.82. The number of ether oxygens (including phenoxy) is 1. The van der Waals surface area contributed by atoms with Crippen LogP contribution in [-0.2, 0) is 4.74 Å². The third kappa shape index (κ3) is 2.97. The molecule has 26 heavy (non-hydrogen) atoms. The van der Waals surface area contributed by atoms with Crippen LogP contribution in [-0.4, -0.2) is 62.6 Å². The summed E-state index contributed by atoms with van der Waals surface area (Å²) in [5.41, 5.74) is 0.374. The molecule has 1 amide bonds. The summed E-state index contributed by atoms with van der Waals surface area (Å²) in [5.74, 6) is 0.397. The van der Waals surface area contributed by atoms with Gasteiger partial charge in [0.2, 0.25) is 0 Å². The standard InChI is InChI=1S/C16H18N8O2/c17-6-12-7-18-9-14(20-12)24-10-11(5-16(24)1-3-26-4-2-16)21-15(25)13-8-19-23-22-13/h7-9,11H,1-5,10H2,(H,21,25)(H,19,22,23). The lowest BCUT2D eigenvalue weighted by Gasteiger charge is -2.41. The summed E-state index contributed by atoms with van der Waals surface area (Å²) >= 11 is 0. The number of carbonyl (C=O) groups excluding carboxylic acids is 1. The van der Waals surface area contributed by atoms with Crippen LogP contribution in [0.1, 0.15) is 35.4 Å². The number of hydrogen-bond acceptors (Lipinski definition) is 8. The number of nitrogens with zero attached hydrogens (tertiary/aromatic N) is 6. The van der Waals surface area contributed by atoms with E-state index in [0.717, 1.165) is 19.3 Å². The van der Waals surface area contributed by atoms with Crippen molar-refractivity contribution in [2.75, 3.05) is 24.7 Å². The van der Waals surface area contributed by atoms with Gasteiger partial charge in [-0.1, -0.05) is 0 Å². The van der Waals surface area contributed by atoms with Crippen LogP contribution in [0.4, 0.5) is 5.82 Å². The van der Waals surface area contributed by atoms with Gasteiger partial charge in [0.1, 0.15) is 11.9 Å². The van der Waals surface area contributed by atoms with Crippen LogP contribution in [0, 0.1) is 11.3 Å². The Morgan fingerprint density at radius 2 is 2.23 bits per heavy atom. The van der Waals surface area contributed by atoms with Crippen LogP contribution < -0.4 is 10.2 Å². The summed E-state index contributed by atoms with van der Waals surface area (Å²) in [6, 6.07) is 1.97. The zero-order valence-electron chi connectivity index (χ0n) is 14.1. The molecule has 4 heterocycles. The lowest BCUT2D eigenvalue weighted by molar-refractivity contribution is 0.0533. The van der Waals surface area contributed by atoms with Crippen LogP contribution in [0.5, 0.6) is 0 Å². The number of anilines is 1. The van der Waals surface area contributed by atoms with E-state index in [1.165, 1.54) is 12.4 Å². The second-order valence-corrected chi connectivity index (χ2v) is 6.55. The summed E-state index contributed by atoms with van der Waals surface area (Å²) in [4.78, 5) is 23.0. The maximum atomic E-state index is 12.3. The second kappa shape index (κ2) is 6.68. The van der Waals surface area contributed by atoms with Crippen molar-refractivity contribution in [2.24, 2.45) is 0 Å². The zero-order chi connectivity index (χ0) is 18.0. The molecule has 2 aliphatic heterocycles. The van der Waals surface area contributed by atoms with Crippen molar-refractivity contribution in [3.8, 4) is 6.07 Å². The molecule has 1 atom stereocenters. The number of aromatic amines is 1. The smallest absolute Gasteiger partial charge is 0.273 e. The van der Waals surface area contributed by atoms with E-state index in [1.54, 1.807) is 6.20 Å². The summed E-state index contributed by atoms with van der Waals surface area (Å²) in [6.45, 7) is 1.91. The number of nitrogens with one attached hydrogen (secondary N) is 2. The quantitative estimate of drug-likeness (QED) is 0.788. The number of nitriles is 1. The molecule has 10 nitrogen and oxygen atoms in total. The molecule has 0 saturated carbocycles. The first-order chi connectivity index (χ1) is 12.7. The van der Waals surface area contributed by atoms with Crippen LogP contribution >= 0.6 is 0 Å². The van der Waals surface area contributed by atoms with Crippen LogP contribution in [0.3, 0.4) is 0 Å². The van der Waals surface area contributed by atoms with E-state index in [4.69, 9.17) is 10.00 Å². The summed E-state index contributed by atoms with van der Waals surface area (Å²) in [7, 11) is 0. The predicted octanol–water partition coefficient (Wildman–Crippen LogP) is 0.0243. The molecule has 1 spiro atoms. The number of H-pyrrole nitrogens is 1. The average Bonchev–Trinajstić information content (AvgIpc) is 3.31. The van der Waals surface area contributed by atoms with E-state index in [9.17, 15) is 4.79 Å². The molecule has 0 radical (unpaired) electrons. The molecule has 2 aromatic rings. The summed E-state index contributed by atoms with van der Waals surface area (Å²) < 4.78 is 5.54. The van der Waals surface area contributed by atoms with Gasteiger partial charge in [0.15, 0.2) is 11.4 Å². The predicted molar refractivity (Wildman–Crippen MR) is 89.1 cm³/mol. The van der Waals surface area contributed by atoms with Crippen molar-refractivity contribution in [3.05, 3.63) is 30.0 Å². The molecule has 10 heteroatoms. The van der Waals surface area contributed by atoms with Gasteiger partial charge < -0.3 is 15.0 Å². The Balaban J connectivity index is 1.59. The van der Waals surface area contributed by atoms with Crippen molar-refractivity contribution in [1.29, 1.82) is 5.26 Å². The lowest BCUT2D eigenvalue weighted by atomic mass is 9.86. The van der Waals surface area contributed by atoms with Gasteiger partial charge in [0, 0.05) is 31.3 Å². The fraction of sp³-hybridized carbons (Fsp3) is 0.500. The molecule has 2 aromatic heterocycles. The molecule has 134 valence electrons. The molecule has 2 saturated heterocycles. The molecule has 4 rings (SSSR count). The average molecular weight is 354 g/mol. The van der Waals surface area contributed by atoms with Gasteiger partial charge in [-0.3, -0.25) is 9.78 Å². The summed E-state index contributed by atoms with van der Waals surface area (Å²) in [6.07, 6.45) is 6.95. The Labute approximate surface area is 149 Å². The molecule has 2 aliphatic rings. The maximum Gasteiger partial charge on any atom is 0.273 e. The highest BCUT2D eigenvalue weighted by molar-refractivity contribution is 5.92. The lowest BCUT2D eigenvalue weighted by Crippen LogP contribution is -2.48. The van der Waals surface area contributed by atoms with Crippen molar-refractivity contribution in [1.82, 2.24) is 30.7 Å². The number of carbonyl (C=O) groups is 1. The Bertz CT molecular complexity index is 825.